The van der Waals surface area contributed by atoms with Crippen molar-refractivity contribution in [2.75, 3.05) is 0 Å². The Hall–Kier alpha value is -4.42. The van der Waals surface area contributed by atoms with Crippen molar-refractivity contribution < 1.29 is 0 Å². The molecule has 0 fully saturated rings. The van der Waals surface area contributed by atoms with Crippen LogP contribution in [-0.4, -0.2) is 0 Å². The molecule has 0 amide bonds. The largest absolute Gasteiger partial charge is 0.0616 e. The maximum Gasteiger partial charge on any atom is -0.00139 e. The van der Waals surface area contributed by atoms with E-state index in [9.17, 15) is 0 Å². The molecule has 0 unspecified atom stereocenters. The quantitative estimate of drug-likeness (QED) is 0.167. The van der Waals surface area contributed by atoms with Gasteiger partial charge in [-0.15, -0.1) is 0 Å². The highest BCUT2D eigenvalue weighted by molar-refractivity contribution is 6.37. The summed E-state index contributed by atoms with van der Waals surface area (Å²) in [7, 11) is 0. The van der Waals surface area contributed by atoms with Crippen molar-refractivity contribution in [3.63, 3.8) is 0 Å². The second-order valence-corrected chi connectivity index (χ2v) is 9.72. The zero-order chi connectivity index (χ0) is 22.0. The van der Waals surface area contributed by atoms with Gasteiger partial charge in [0.2, 0.25) is 0 Å². The first-order valence-corrected chi connectivity index (χ1v) is 11.9. The van der Waals surface area contributed by atoms with Gasteiger partial charge in [0.05, 0.1) is 0 Å². The summed E-state index contributed by atoms with van der Waals surface area (Å²) < 4.78 is 0. The molecule has 0 bridgehead atoms. The molecule has 0 N–H and O–H groups in total. The van der Waals surface area contributed by atoms with E-state index < -0.39 is 0 Å². The molecule has 154 valence electrons. The van der Waals surface area contributed by atoms with Crippen LogP contribution < -0.4 is 0 Å². The van der Waals surface area contributed by atoms with Gasteiger partial charge in [-0.25, -0.2) is 0 Å². The smallest absolute Gasteiger partial charge is 0.00139 e. The number of fused-ring (bicyclic) bond motifs is 7. The average Bonchev–Trinajstić information content (AvgIpc) is 3.20. The van der Waals surface area contributed by atoms with Crippen molar-refractivity contribution in [2.45, 2.75) is 0 Å². The Morgan fingerprint density at radius 3 is 1.32 bits per heavy atom. The third kappa shape index (κ3) is 1.93. The van der Waals surface area contributed by atoms with E-state index >= 15 is 0 Å². The molecule has 1 aliphatic rings. The zero-order valence-electron chi connectivity index (χ0n) is 18.4. The summed E-state index contributed by atoms with van der Waals surface area (Å²) in [5.74, 6) is 0. The fraction of sp³-hybridized carbons (Fsp3) is 0. The summed E-state index contributed by atoms with van der Waals surface area (Å²) in [6.45, 7) is 0. The Balaban J connectivity index is 1.48. The van der Waals surface area contributed by atoms with E-state index in [1.807, 2.05) is 0 Å². The highest BCUT2D eigenvalue weighted by Gasteiger charge is 2.25. The molecule has 0 nitrogen and oxygen atoms in total. The van der Waals surface area contributed by atoms with Crippen LogP contribution in [0.1, 0.15) is 0 Å². The predicted molar refractivity (Wildman–Crippen MR) is 147 cm³/mol. The SMILES string of the molecule is c1ccc2cc3cc4c(cc3cc2c1)-c1ccc2c3cccc5cccc(c6ccc-4c1c26)c53. The van der Waals surface area contributed by atoms with Gasteiger partial charge in [0, 0.05) is 0 Å². The van der Waals surface area contributed by atoms with Crippen LogP contribution >= 0.6 is 0 Å². The van der Waals surface area contributed by atoms with Crippen molar-refractivity contribution in [3.8, 4) is 22.3 Å². The molecule has 1 aliphatic carbocycles. The standard InChI is InChI=1S/C34H18/c1-2-6-21-16-23-18-31-29-14-12-27-25-10-4-8-19-7-3-9-24(32(19)25)26-11-13-28(34(29)33(26)27)30(31)17-22(23)15-20(21)5-1/h1-18H. The fourth-order valence-corrected chi connectivity index (χ4v) is 6.62. The number of hydrogen-bond donors (Lipinski definition) is 0. The Bertz CT molecular complexity index is 2010. The lowest BCUT2D eigenvalue weighted by Crippen LogP contribution is -1.87. The summed E-state index contributed by atoms with van der Waals surface area (Å²) in [4.78, 5) is 0. The molecule has 0 heteroatoms. The third-order valence-corrected chi connectivity index (χ3v) is 8.07. The second-order valence-electron chi connectivity index (χ2n) is 9.72. The van der Waals surface area contributed by atoms with Crippen LogP contribution in [-0.2, 0) is 0 Å². The Labute approximate surface area is 196 Å². The summed E-state index contributed by atoms with van der Waals surface area (Å²) in [6, 6.07) is 41.0. The van der Waals surface area contributed by atoms with Crippen LogP contribution in [0, 0.1) is 0 Å². The minimum atomic E-state index is 1.30. The first kappa shape index (κ1) is 17.1. The Kier molecular flexibility index (Phi) is 2.88. The predicted octanol–water partition coefficient (Wildman–Crippen LogP) is 9.69. The van der Waals surface area contributed by atoms with E-state index in [1.165, 1.54) is 86.9 Å². The van der Waals surface area contributed by atoms with Crippen LogP contribution in [0.5, 0.6) is 0 Å². The molecule has 0 spiro atoms. The summed E-state index contributed by atoms with van der Waals surface area (Å²) in [5, 5.41) is 16.2. The van der Waals surface area contributed by atoms with Crippen molar-refractivity contribution in [1.29, 1.82) is 0 Å². The Morgan fingerprint density at radius 2 is 0.765 bits per heavy atom. The number of benzene rings is 8. The van der Waals surface area contributed by atoms with Crippen molar-refractivity contribution in [3.05, 3.63) is 109 Å². The van der Waals surface area contributed by atoms with Gasteiger partial charge in [0.1, 0.15) is 0 Å². The van der Waals surface area contributed by atoms with Crippen LogP contribution in [0.25, 0.3) is 86.9 Å². The van der Waals surface area contributed by atoms with Gasteiger partial charge in [-0.3, -0.25) is 0 Å². The molecule has 8 aromatic rings. The topological polar surface area (TPSA) is 0 Å². The van der Waals surface area contributed by atoms with Crippen molar-refractivity contribution in [1.82, 2.24) is 0 Å². The molecule has 0 heterocycles. The zero-order valence-corrected chi connectivity index (χ0v) is 18.4. The second kappa shape index (κ2) is 5.73. The molecular formula is C34H18. The van der Waals surface area contributed by atoms with Gasteiger partial charge in [0.25, 0.3) is 0 Å². The summed E-state index contributed by atoms with van der Waals surface area (Å²) >= 11 is 0. The molecule has 0 aliphatic heterocycles. The fourth-order valence-electron chi connectivity index (χ4n) is 6.62. The van der Waals surface area contributed by atoms with Gasteiger partial charge < -0.3 is 0 Å². The average molecular weight is 427 g/mol. The minimum absolute atomic E-state index is 1.30. The molecule has 0 aromatic heterocycles. The lowest BCUT2D eigenvalue weighted by molar-refractivity contribution is 1.75. The van der Waals surface area contributed by atoms with Crippen molar-refractivity contribution >= 4 is 64.6 Å². The first-order chi connectivity index (χ1) is 16.8. The molecular weight excluding hydrogens is 408 g/mol. The normalized spacial score (nSPS) is 12.7. The Morgan fingerprint density at radius 1 is 0.265 bits per heavy atom. The van der Waals surface area contributed by atoms with Gasteiger partial charge in [-0.05, 0) is 111 Å². The van der Waals surface area contributed by atoms with Gasteiger partial charge in [-0.2, -0.15) is 0 Å². The first-order valence-electron chi connectivity index (χ1n) is 11.9. The van der Waals surface area contributed by atoms with E-state index in [4.69, 9.17) is 0 Å². The minimum Gasteiger partial charge on any atom is -0.0616 e. The molecule has 34 heavy (non-hydrogen) atoms. The van der Waals surface area contributed by atoms with Crippen LogP contribution in [0.15, 0.2) is 109 Å². The molecule has 8 aromatic carbocycles. The lowest BCUT2D eigenvalue weighted by Gasteiger charge is -2.15. The van der Waals surface area contributed by atoms with Gasteiger partial charge in [0.15, 0.2) is 0 Å². The van der Waals surface area contributed by atoms with Gasteiger partial charge in [-0.1, -0.05) is 84.9 Å². The number of hydrogen-bond acceptors (Lipinski definition) is 0. The van der Waals surface area contributed by atoms with E-state index in [0.29, 0.717) is 0 Å². The highest BCUT2D eigenvalue weighted by atomic mass is 14.3. The highest BCUT2D eigenvalue weighted by Crippen LogP contribution is 2.53. The molecule has 0 saturated carbocycles. The third-order valence-electron chi connectivity index (χ3n) is 8.07. The van der Waals surface area contributed by atoms with Crippen molar-refractivity contribution in [2.24, 2.45) is 0 Å². The van der Waals surface area contributed by atoms with Crippen LogP contribution in [0.3, 0.4) is 0 Å². The van der Waals surface area contributed by atoms with Crippen LogP contribution in [0.4, 0.5) is 0 Å². The van der Waals surface area contributed by atoms with E-state index in [0.717, 1.165) is 0 Å². The van der Waals surface area contributed by atoms with Crippen LogP contribution in [0.2, 0.25) is 0 Å². The maximum atomic E-state index is 2.41. The molecule has 9 rings (SSSR count). The molecule has 0 saturated heterocycles. The van der Waals surface area contributed by atoms with E-state index in [2.05, 4.69) is 109 Å². The number of rotatable bonds is 0. The van der Waals surface area contributed by atoms with E-state index in [-0.39, 0.29) is 0 Å². The van der Waals surface area contributed by atoms with Gasteiger partial charge >= 0.3 is 0 Å². The molecule has 0 radical (unpaired) electrons. The summed E-state index contributed by atoms with van der Waals surface area (Å²) in [5.41, 5.74) is 5.46. The monoisotopic (exact) mass is 426 g/mol. The molecule has 0 atom stereocenters. The lowest BCUT2D eigenvalue weighted by atomic mass is 9.88. The van der Waals surface area contributed by atoms with E-state index in [1.54, 1.807) is 0 Å². The maximum absolute atomic E-state index is 2.41. The summed E-state index contributed by atoms with van der Waals surface area (Å²) in [6.07, 6.45) is 0.